The van der Waals surface area contributed by atoms with E-state index in [0.717, 1.165) is 22.6 Å². The van der Waals surface area contributed by atoms with Crippen molar-refractivity contribution in [1.82, 2.24) is 20.4 Å². The number of hydrogen-bond acceptors (Lipinski definition) is 4. The van der Waals surface area contributed by atoms with Gasteiger partial charge in [0, 0.05) is 17.7 Å². The molecule has 0 unspecified atom stereocenters. The fourth-order valence-corrected chi connectivity index (χ4v) is 3.30. The van der Waals surface area contributed by atoms with Gasteiger partial charge in [-0.15, -0.1) is 0 Å². The zero-order valence-corrected chi connectivity index (χ0v) is 14.5. The van der Waals surface area contributed by atoms with Gasteiger partial charge in [-0.25, -0.2) is 0 Å². The summed E-state index contributed by atoms with van der Waals surface area (Å²) >= 11 is 0. The predicted octanol–water partition coefficient (Wildman–Crippen LogP) is 2.72. The lowest BCUT2D eigenvalue weighted by atomic mass is 10.1. The van der Waals surface area contributed by atoms with E-state index in [2.05, 4.69) is 32.5 Å². The molecule has 1 saturated heterocycles. The Morgan fingerprint density at radius 3 is 2.65 bits per heavy atom. The highest BCUT2D eigenvalue weighted by molar-refractivity contribution is 5.81. The van der Waals surface area contributed by atoms with E-state index in [4.69, 9.17) is 4.74 Å². The molecule has 132 valence electrons. The molecule has 0 bridgehead atoms. The van der Waals surface area contributed by atoms with Gasteiger partial charge in [0.25, 0.3) is 0 Å². The molecule has 0 aliphatic carbocycles. The minimum Gasteiger partial charge on any atom is -0.497 e. The summed E-state index contributed by atoms with van der Waals surface area (Å²) in [6, 6.07) is 17.9. The van der Waals surface area contributed by atoms with Gasteiger partial charge >= 0.3 is 0 Å². The molecule has 6 heteroatoms. The second-order valence-corrected chi connectivity index (χ2v) is 6.29. The van der Waals surface area contributed by atoms with Crippen LogP contribution in [0.25, 0.3) is 11.3 Å². The largest absolute Gasteiger partial charge is 0.497 e. The van der Waals surface area contributed by atoms with Crippen molar-refractivity contribution in [2.24, 2.45) is 0 Å². The van der Waals surface area contributed by atoms with Crippen molar-refractivity contribution in [2.45, 2.75) is 12.7 Å². The van der Waals surface area contributed by atoms with Crippen molar-refractivity contribution in [3.8, 4) is 17.0 Å². The highest BCUT2D eigenvalue weighted by Gasteiger charge is 2.33. The third-order valence-electron chi connectivity index (χ3n) is 4.58. The normalized spacial score (nSPS) is 17.3. The van der Waals surface area contributed by atoms with Crippen molar-refractivity contribution in [1.29, 1.82) is 0 Å². The molecule has 0 radical (unpaired) electrons. The number of aromatic amines is 1. The van der Waals surface area contributed by atoms with Crippen LogP contribution in [-0.2, 0) is 11.3 Å². The van der Waals surface area contributed by atoms with Crippen molar-refractivity contribution < 1.29 is 9.53 Å². The summed E-state index contributed by atoms with van der Waals surface area (Å²) in [6.07, 6.45) is 1.58. The van der Waals surface area contributed by atoms with Gasteiger partial charge in [0.1, 0.15) is 11.9 Å². The molecule has 3 aromatic rings. The lowest BCUT2D eigenvalue weighted by Gasteiger charge is -2.23. The van der Waals surface area contributed by atoms with E-state index < -0.39 is 0 Å². The molecule has 1 amide bonds. The SMILES string of the molecule is COc1ccc(-c2[nH]ncc2[C@H]2NC(=O)CN2Cc2ccccc2)cc1. The average Bonchev–Trinajstić information content (AvgIpc) is 3.29. The van der Waals surface area contributed by atoms with E-state index in [1.165, 1.54) is 5.56 Å². The van der Waals surface area contributed by atoms with E-state index in [1.807, 2.05) is 42.5 Å². The van der Waals surface area contributed by atoms with Crippen LogP contribution in [0.1, 0.15) is 17.3 Å². The fraction of sp³-hybridized carbons (Fsp3) is 0.200. The number of rotatable bonds is 5. The molecule has 2 heterocycles. The minimum atomic E-state index is -0.210. The summed E-state index contributed by atoms with van der Waals surface area (Å²) in [7, 11) is 1.64. The third-order valence-corrected chi connectivity index (χ3v) is 4.58. The first-order valence-electron chi connectivity index (χ1n) is 8.49. The third kappa shape index (κ3) is 3.19. The van der Waals surface area contributed by atoms with Crippen LogP contribution in [-0.4, -0.2) is 34.7 Å². The van der Waals surface area contributed by atoms with Crippen LogP contribution in [0.3, 0.4) is 0 Å². The Kier molecular flexibility index (Phi) is 4.41. The highest BCUT2D eigenvalue weighted by atomic mass is 16.5. The standard InChI is InChI=1S/C20H20N4O2/c1-26-16-9-7-15(8-10-16)19-17(11-21-23-19)20-22-18(25)13-24(20)12-14-5-3-2-4-6-14/h2-11,20H,12-13H2,1H3,(H,21,23)(H,22,25)/t20-/m0/s1. The van der Waals surface area contributed by atoms with Gasteiger partial charge in [0.2, 0.25) is 5.91 Å². The van der Waals surface area contributed by atoms with Crippen molar-refractivity contribution >= 4 is 5.91 Å². The first kappa shape index (κ1) is 16.4. The second-order valence-electron chi connectivity index (χ2n) is 6.29. The number of nitrogens with zero attached hydrogens (tertiary/aromatic N) is 2. The number of hydrogen-bond donors (Lipinski definition) is 2. The van der Waals surface area contributed by atoms with Gasteiger partial charge in [-0.1, -0.05) is 30.3 Å². The average molecular weight is 348 g/mol. The molecule has 2 aromatic carbocycles. The number of amides is 1. The van der Waals surface area contributed by atoms with Gasteiger partial charge in [0.05, 0.1) is 25.5 Å². The minimum absolute atomic E-state index is 0.0211. The molecule has 1 aromatic heterocycles. The molecule has 0 spiro atoms. The summed E-state index contributed by atoms with van der Waals surface area (Å²) in [5.41, 5.74) is 4.03. The molecule has 0 saturated carbocycles. The maximum absolute atomic E-state index is 12.1. The van der Waals surface area contributed by atoms with E-state index >= 15 is 0 Å². The monoisotopic (exact) mass is 348 g/mol. The van der Waals surface area contributed by atoms with Crippen molar-refractivity contribution in [3.05, 3.63) is 71.9 Å². The lowest BCUT2D eigenvalue weighted by Crippen LogP contribution is -2.27. The van der Waals surface area contributed by atoms with Gasteiger partial charge in [-0.3, -0.25) is 14.8 Å². The summed E-state index contributed by atoms with van der Waals surface area (Å²) < 4.78 is 5.22. The molecule has 6 nitrogen and oxygen atoms in total. The molecule has 1 aliphatic heterocycles. The topological polar surface area (TPSA) is 70.2 Å². The Morgan fingerprint density at radius 1 is 1.15 bits per heavy atom. The zero-order chi connectivity index (χ0) is 17.9. The van der Waals surface area contributed by atoms with E-state index in [0.29, 0.717) is 13.1 Å². The first-order valence-corrected chi connectivity index (χ1v) is 8.49. The quantitative estimate of drug-likeness (QED) is 0.744. The molecule has 2 N–H and O–H groups in total. The molecular formula is C20H20N4O2. The lowest BCUT2D eigenvalue weighted by molar-refractivity contribution is -0.118. The van der Waals surface area contributed by atoms with Crippen LogP contribution >= 0.6 is 0 Å². The Morgan fingerprint density at radius 2 is 1.92 bits per heavy atom. The molecule has 26 heavy (non-hydrogen) atoms. The van der Waals surface area contributed by atoms with E-state index in [-0.39, 0.29) is 12.1 Å². The van der Waals surface area contributed by atoms with Crippen molar-refractivity contribution in [3.63, 3.8) is 0 Å². The Labute approximate surface area is 151 Å². The van der Waals surface area contributed by atoms with Crippen LogP contribution in [0, 0.1) is 0 Å². The number of methoxy groups -OCH3 is 1. The Balaban J connectivity index is 1.63. The van der Waals surface area contributed by atoms with Gasteiger partial charge in [0.15, 0.2) is 0 Å². The summed E-state index contributed by atoms with van der Waals surface area (Å²) in [6.45, 7) is 1.06. The maximum atomic E-state index is 12.1. The second kappa shape index (κ2) is 7.01. The predicted molar refractivity (Wildman–Crippen MR) is 98.3 cm³/mol. The summed E-state index contributed by atoms with van der Waals surface area (Å²) in [4.78, 5) is 14.2. The number of carbonyl (C=O) groups is 1. The van der Waals surface area contributed by atoms with Crippen LogP contribution < -0.4 is 10.1 Å². The number of benzene rings is 2. The van der Waals surface area contributed by atoms with Crippen molar-refractivity contribution in [2.75, 3.05) is 13.7 Å². The first-order chi connectivity index (χ1) is 12.7. The molecule has 1 aliphatic rings. The molecule has 1 fully saturated rings. The fourth-order valence-electron chi connectivity index (χ4n) is 3.30. The number of carbonyl (C=O) groups excluding carboxylic acids is 1. The number of nitrogens with one attached hydrogen (secondary N) is 2. The van der Waals surface area contributed by atoms with Crippen LogP contribution in [0.15, 0.2) is 60.8 Å². The zero-order valence-electron chi connectivity index (χ0n) is 14.5. The van der Waals surface area contributed by atoms with Crippen LogP contribution in [0.4, 0.5) is 0 Å². The van der Waals surface area contributed by atoms with E-state index in [1.54, 1.807) is 13.3 Å². The highest BCUT2D eigenvalue weighted by Crippen LogP contribution is 2.32. The van der Waals surface area contributed by atoms with Crippen LogP contribution in [0.5, 0.6) is 5.75 Å². The van der Waals surface area contributed by atoms with Crippen LogP contribution in [0.2, 0.25) is 0 Å². The van der Waals surface area contributed by atoms with E-state index in [9.17, 15) is 4.79 Å². The number of H-pyrrole nitrogens is 1. The molecular weight excluding hydrogens is 328 g/mol. The van der Waals surface area contributed by atoms with Gasteiger partial charge in [-0.05, 0) is 29.8 Å². The van der Waals surface area contributed by atoms with Gasteiger partial charge < -0.3 is 10.1 Å². The number of aromatic nitrogens is 2. The Hall–Kier alpha value is -3.12. The van der Waals surface area contributed by atoms with Gasteiger partial charge in [-0.2, -0.15) is 5.10 Å². The maximum Gasteiger partial charge on any atom is 0.235 e. The Bertz CT molecular complexity index is 890. The molecule has 1 atom stereocenters. The molecule has 4 rings (SSSR count). The summed E-state index contributed by atoms with van der Waals surface area (Å²) in [5.74, 6) is 0.822. The smallest absolute Gasteiger partial charge is 0.235 e. The number of ether oxygens (including phenoxy) is 1. The summed E-state index contributed by atoms with van der Waals surface area (Å²) in [5, 5.41) is 10.3.